The summed E-state index contributed by atoms with van der Waals surface area (Å²) in [5, 5.41) is 4.79. The van der Waals surface area contributed by atoms with Crippen LogP contribution in [0.4, 0.5) is 0 Å². The highest BCUT2D eigenvalue weighted by Crippen LogP contribution is 2.31. The van der Waals surface area contributed by atoms with Crippen LogP contribution in [-0.2, 0) is 6.54 Å². The number of ether oxygens (including phenoxy) is 1. The largest absolute Gasteiger partial charge is 0.497 e. The number of para-hydroxylation sites is 1. The molecular formula is C20H24N2O. The summed E-state index contributed by atoms with van der Waals surface area (Å²) in [7, 11) is 1.72. The predicted molar refractivity (Wildman–Crippen MR) is 96.6 cm³/mol. The third-order valence-electron chi connectivity index (χ3n) is 4.28. The number of nitrogens with one attached hydrogen (secondary N) is 1. The van der Waals surface area contributed by atoms with Gasteiger partial charge in [0.25, 0.3) is 0 Å². The summed E-state index contributed by atoms with van der Waals surface area (Å²) >= 11 is 0. The summed E-state index contributed by atoms with van der Waals surface area (Å²) in [6, 6.07) is 16.8. The van der Waals surface area contributed by atoms with E-state index in [4.69, 9.17) is 4.74 Å². The molecule has 3 rings (SSSR count). The normalized spacial score (nSPS) is 11.1. The first-order valence-electron chi connectivity index (χ1n) is 8.20. The van der Waals surface area contributed by atoms with Crippen molar-refractivity contribution in [3.05, 3.63) is 59.8 Å². The summed E-state index contributed by atoms with van der Waals surface area (Å²) in [6.45, 7) is 6.29. The van der Waals surface area contributed by atoms with Gasteiger partial charge in [-0.1, -0.05) is 25.1 Å². The van der Waals surface area contributed by atoms with E-state index in [9.17, 15) is 0 Å². The zero-order valence-electron chi connectivity index (χ0n) is 14.1. The lowest BCUT2D eigenvalue weighted by molar-refractivity contribution is 0.415. The number of benzene rings is 2. The van der Waals surface area contributed by atoms with Crippen molar-refractivity contribution in [3.63, 3.8) is 0 Å². The Morgan fingerprint density at radius 2 is 1.87 bits per heavy atom. The van der Waals surface area contributed by atoms with Gasteiger partial charge in [-0.15, -0.1) is 0 Å². The highest BCUT2D eigenvalue weighted by Gasteiger charge is 2.15. The fourth-order valence-electron chi connectivity index (χ4n) is 3.11. The van der Waals surface area contributed by atoms with Crippen molar-refractivity contribution in [2.24, 2.45) is 0 Å². The van der Waals surface area contributed by atoms with E-state index in [0.29, 0.717) is 0 Å². The maximum atomic E-state index is 5.43. The molecule has 0 bridgehead atoms. The molecule has 0 saturated heterocycles. The van der Waals surface area contributed by atoms with Crippen LogP contribution in [-0.4, -0.2) is 18.2 Å². The quantitative estimate of drug-likeness (QED) is 0.681. The zero-order chi connectivity index (χ0) is 16.2. The molecule has 3 aromatic rings. The fourth-order valence-corrected chi connectivity index (χ4v) is 3.11. The molecule has 1 aromatic heterocycles. The summed E-state index contributed by atoms with van der Waals surface area (Å²) in [5.74, 6) is 0.902. The van der Waals surface area contributed by atoms with Gasteiger partial charge in [-0.2, -0.15) is 0 Å². The van der Waals surface area contributed by atoms with E-state index in [2.05, 4.69) is 66.2 Å². The van der Waals surface area contributed by atoms with Crippen molar-refractivity contribution >= 4 is 10.9 Å². The molecule has 1 heterocycles. The van der Waals surface area contributed by atoms with Crippen molar-refractivity contribution < 1.29 is 4.74 Å². The number of hydrogen-bond acceptors (Lipinski definition) is 2. The number of rotatable bonds is 6. The van der Waals surface area contributed by atoms with E-state index < -0.39 is 0 Å². The molecule has 2 aromatic carbocycles. The summed E-state index contributed by atoms with van der Waals surface area (Å²) in [4.78, 5) is 0. The fraction of sp³-hybridized carbons (Fsp3) is 0.300. The van der Waals surface area contributed by atoms with Gasteiger partial charge >= 0.3 is 0 Å². The van der Waals surface area contributed by atoms with Gasteiger partial charge in [-0.3, -0.25) is 0 Å². The van der Waals surface area contributed by atoms with Gasteiger partial charge in [0.15, 0.2) is 0 Å². The molecule has 120 valence electrons. The Bertz CT molecular complexity index is 790. The molecule has 0 unspecified atom stereocenters. The van der Waals surface area contributed by atoms with E-state index in [-0.39, 0.29) is 0 Å². The van der Waals surface area contributed by atoms with Gasteiger partial charge < -0.3 is 14.6 Å². The summed E-state index contributed by atoms with van der Waals surface area (Å²) in [6.07, 6.45) is 1.14. The number of methoxy groups -OCH3 is 1. The van der Waals surface area contributed by atoms with Gasteiger partial charge in [-0.25, -0.2) is 0 Å². The average molecular weight is 308 g/mol. The first kappa shape index (κ1) is 15.6. The van der Waals surface area contributed by atoms with E-state index in [1.54, 1.807) is 7.11 Å². The first-order chi connectivity index (χ1) is 11.3. The Labute approximate surface area is 137 Å². The Morgan fingerprint density at radius 3 is 2.57 bits per heavy atom. The van der Waals surface area contributed by atoms with Crippen LogP contribution in [0.15, 0.2) is 48.5 Å². The van der Waals surface area contributed by atoms with Crippen molar-refractivity contribution in [1.29, 1.82) is 0 Å². The van der Waals surface area contributed by atoms with Crippen molar-refractivity contribution in [3.8, 4) is 11.4 Å². The van der Waals surface area contributed by atoms with Gasteiger partial charge in [0.05, 0.1) is 12.6 Å². The minimum atomic E-state index is 0.878. The van der Waals surface area contributed by atoms with Gasteiger partial charge in [0.2, 0.25) is 0 Å². The SMILES string of the molecule is CCCNCc1c(C)n(-c2ccccc2)c2ccc(OC)cc12. The molecule has 0 saturated carbocycles. The second kappa shape index (κ2) is 6.88. The molecule has 0 aliphatic heterocycles. The highest BCUT2D eigenvalue weighted by atomic mass is 16.5. The first-order valence-corrected chi connectivity index (χ1v) is 8.20. The maximum Gasteiger partial charge on any atom is 0.119 e. The van der Waals surface area contributed by atoms with E-state index in [1.807, 2.05) is 6.07 Å². The lowest BCUT2D eigenvalue weighted by atomic mass is 10.1. The monoisotopic (exact) mass is 308 g/mol. The van der Waals surface area contributed by atoms with Gasteiger partial charge in [0.1, 0.15) is 5.75 Å². The highest BCUT2D eigenvalue weighted by molar-refractivity contribution is 5.88. The Hall–Kier alpha value is -2.26. The molecule has 1 N–H and O–H groups in total. The Kier molecular flexibility index (Phi) is 4.68. The molecule has 0 aliphatic rings. The topological polar surface area (TPSA) is 26.2 Å². The second-order valence-electron chi connectivity index (χ2n) is 5.79. The number of nitrogens with zero attached hydrogens (tertiary/aromatic N) is 1. The molecule has 0 spiro atoms. The molecule has 0 radical (unpaired) electrons. The molecule has 0 aliphatic carbocycles. The van der Waals surface area contributed by atoms with Crippen molar-refractivity contribution in [2.75, 3.05) is 13.7 Å². The van der Waals surface area contributed by atoms with Crippen molar-refractivity contribution in [2.45, 2.75) is 26.8 Å². The Morgan fingerprint density at radius 1 is 1.09 bits per heavy atom. The third-order valence-corrected chi connectivity index (χ3v) is 4.28. The minimum Gasteiger partial charge on any atom is -0.497 e. The van der Waals surface area contributed by atoms with Crippen LogP contribution >= 0.6 is 0 Å². The second-order valence-corrected chi connectivity index (χ2v) is 5.79. The van der Waals surface area contributed by atoms with Gasteiger partial charge in [0, 0.05) is 23.3 Å². The third kappa shape index (κ3) is 2.97. The smallest absolute Gasteiger partial charge is 0.119 e. The zero-order valence-corrected chi connectivity index (χ0v) is 14.1. The molecular weight excluding hydrogens is 284 g/mol. The number of aromatic nitrogens is 1. The molecule has 0 atom stereocenters. The molecule has 3 nitrogen and oxygen atoms in total. The van der Waals surface area contributed by atoms with Crippen LogP contribution in [0, 0.1) is 6.92 Å². The molecule has 0 fully saturated rings. The van der Waals surface area contributed by atoms with Crippen LogP contribution in [0.5, 0.6) is 5.75 Å². The average Bonchev–Trinajstić information content (AvgIpc) is 2.87. The predicted octanol–water partition coefficient (Wildman–Crippen LogP) is 4.45. The van der Waals surface area contributed by atoms with Crippen LogP contribution in [0.1, 0.15) is 24.6 Å². The maximum absolute atomic E-state index is 5.43. The van der Waals surface area contributed by atoms with Crippen LogP contribution in [0.3, 0.4) is 0 Å². The Balaban J connectivity index is 2.18. The number of fused-ring (bicyclic) bond motifs is 1. The van der Waals surface area contributed by atoms with E-state index >= 15 is 0 Å². The molecule has 3 heteroatoms. The summed E-state index contributed by atoms with van der Waals surface area (Å²) in [5.41, 5.74) is 5.05. The lowest BCUT2D eigenvalue weighted by Gasteiger charge is -2.09. The lowest BCUT2D eigenvalue weighted by Crippen LogP contribution is -2.14. The minimum absolute atomic E-state index is 0.878. The van der Waals surface area contributed by atoms with E-state index in [1.165, 1.54) is 27.8 Å². The van der Waals surface area contributed by atoms with E-state index in [0.717, 1.165) is 25.3 Å². The molecule has 23 heavy (non-hydrogen) atoms. The summed E-state index contributed by atoms with van der Waals surface area (Å²) < 4.78 is 7.76. The molecule has 0 amide bonds. The van der Waals surface area contributed by atoms with Crippen LogP contribution in [0.25, 0.3) is 16.6 Å². The number of hydrogen-bond donors (Lipinski definition) is 1. The van der Waals surface area contributed by atoms with Crippen LogP contribution in [0.2, 0.25) is 0 Å². The standard InChI is InChI=1S/C20H24N2O/c1-4-12-21-14-19-15(2)22(16-8-6-5-7-9-16)20-11-10-17(23-3)13-18(19)20/h5-11,13,21H,4,12,14H2,1-3H3. The van der Waals surface area contributed by atoms with Crippen LogP contribution < -0.4 is 10.1 Å². The van der Waals surface area contributed by atoms with Crippen molar-refractivity contribution in [1.82, 2.24) is 9.88 Å². The van der Waals surface area contributed by atoms with Gasteiger partial charge in [-0.05, 0) is 55.8 Å².